The van der Waals surface area contributed by atoms with Crippen LogP contribution >= 0.6 is 11.6 Å². The van der Waals surface area contributed by atoms with E-state index in [4.69, 9.17) is 16.9 Å². The molecule has 0 bridgehead atoms. The molecular formula is C15H11ClFN3O. The highest BCUT2D eigenvalue weighted by Gasteiger charge is 2.17. The Morgan fingerprint density at radius 1 is 1.48 bits per heavy atom. The summed E-state index contributed by atoms with van der Waals surface area (Å²) in [4.78, 5) is 17.3. The number of nitriles is 1. The molecule has 1 aromatic carbocycles. The van der Waals surface area contributed by atoms with Crippen LogP contribution in [0.1, 0.15) is 21.5 Å². The summed E-state index contributed by atoms with van der Waals surface area (Å²) in [6.07, 6.45) is 0.954. The number of carbonyl (C=O) groups excluding carboxylic acids is 1. The zero-order chi connectivity index (χ0) is 15.4. The quantitative estimate of drug-likeness (QED) is 0.819. The van der Waals surface area contributed by atoms with Crippen LogP contribution in [0.25, 0.3) is 0 Å². The second kappa shape index (κ2) is 6.33. The smallest absolute Gasteiger partial charge is 0.257 e. The van der Waals surface area contributed by atoms with Gasteiger partial charge in [0.2, 0.25) is 0 Å². The molecule has 4 nitrogen and oxygen atoms in total. The average Bonchev–Trinajstić information content (AvgIpc) is 2.49. The van der Waals surface area contributed by atoms with Gasteiger partial charge in [0.1, 0.15) is 11.0 Å². The standard InChI is InChI=1S/C15H11ClFN3O/c1-20(9-11-4-2-3-10(5-11)7-18)15(21)13-6-12(17)8-19-14(13)16/h2-6,8H,9H2,1H3. The van der Waals surface area contributed by atoms with Crippen LogP contribution in [0.2, 0.25) is 5.15 Å². The molecule has 0 spiro atoms. The highest BCUT2D eigenvalue weighted by Crippen LogP contribution is 2.17. The summed E-state index contributed by atoms with van der Waals surface area (Å²) in [5, 5.41) is 8.81. The van der Waals surface area contributed by atoms with Gasteiger partial charge in [0.05, 0.1) is 23.4 Å². The third kappa shape index (κ3) is 3.56. The van der Waals surface area contributed by atoms with Gasteiger partial charge >= 0.3 is 0 Å². The molecule has 1 amide bonds. The van der Waals surface area contributed by atoms with Gasteiger partial charge in [-0.05, 0) is 23.8 Å². The topological polar surface area (TPSA) is 57.0 Å². The predicted octanol–water partition coefficient (Wildman–Crippen LogP) is 3.02. The Labute approximate surface area is 126 Å². The van der Waals surface area contributed by atoms with Crippen molar-refractivity contribution in [3.8, 4) is 6.07 Å². The molecule has 0 aliphatic carbocycles. The molecule has 106 valence electrons. The Bertz CT molecular complexity index is 727. The molecule has 2 rings (SSSR count). The van der Waals surface area contributed by atoms with Crippen molar-refractivity contribution in [1.29, 1.82) is 5.26 Å². The van der Waals surface area contributed by atoms with E-state index in [0.717, 1.165) is 17.8 Å². The van der Waals surface area contributed by atoms with Crippen LogP contribution in [-0.2, 0) is 6.54 Å². The zero-order valence-corrected chi connectivity index (χ0v) is 11.9. The molecule has 0 aliphatic rings. The molecule has 0 atom stereocenters. The monoisotopic (exact) mass is 303 g/mol. The van der Waals surface area contributed by atoms with Crippen molar-refractivity contribution in [2.24, 2.45) is 0 Å². The lowest BCUT2D eigenvalue weighted by Gasteiger charge is -2.18. The van der Waals surface area contributed by atoms with E-state index in [2.05, 4.69) is 4.98 Å². The van der Waals surface area contributed by atoms with Crippen molar-refractivity contribution in [1.82, 2.24) is 9.88 Å². The van der Waals surface area contributed by atoms with E-state index in [1.165, 1.54) is 4.90 Å². The summed E-state index contributed by atoms with van der Waals surface area (Å²) in [5.41, 5.74) is 1.32. The number of hydrogen-bond donors (Lipinski definition) is 0. The number of benzene rings is 1. The summed E-state index contributed by atoms with van der Waals surface area (Å²) in [6.45, 7) is 0.279. The van der Waals surface area contributed by atoms with Crippen LogP contribution in [0.3, 0.4) is 0 Å². The number of halogens is 2. The normalized spacial score (nSPS) is 10.0. The highest BCUT2D eigenvalue weighted by atomic mass is 35.5. The van der Waals surface area contributed by atoms with E-state index >= 15 is 0 Å². The average molecular weight is 304 g/mol. The molecule has 1 heterocycles. The van der Waals surface area contributed by atoms with Crippen molar-refractivity contribution in [3.05, 3.63) is 64.2 Å². The number of amides is 1. The number of nitrogens with zero attached hydrogens (tertiary/aromatic N) is 3. The molecule has 21 heavy (non-hydrogen) atoms. The van der Waals surface area contributed by atoms with Crippen LogP contribution in [0, 0.1) is 17.1 Å². The van der Waals surface area contributed by atoms with Crippen LogP contribution in [0.4, 0.5) is 4.39 Å². The fraction of sp³-hybridized carbons (Fsp3) is 0.133. The largest absolute Gasteiger partial charge is 0.337 e. The van der Waals surface area contributed by atoms with E-state index in [0.29, 0.717) is 5.56 Å². The van der Waals surface area contributed by atoms with Gasteiger partial charge in [0.15, 0.2) is 0 Å². The number of hydrogen-bond acceptors (Lipinski definition) is 3. The van der Waals surface area contributed by atoms with Crippen LogP contribution < -0.4 is 0 Å². The maximum atomic E-state index is 13.2. The molecule has 2 aromatic rings. The van der Waals surface area contributed by atoms with E-state index in [1.54, 1.807) is 31.3 Å². The Morgan fingerprint density at radius 2 is 2.24 bits per heavy atom. The first-order valence-electron chi connectivity index (χ1n) is 6.07. The highest BCUT2D eigenvalue weighted by molar-refractivity contribution is 6.32. The minimum atomic E-state index is -0.623. The molecule has 0 aliphatic heterocycles. The van der Waals surface area contributed by atoms with Gasteiger partial charge in [0, 0.05) is 13.6 Å². The zero-order valence-electron chi connectivity index (χ0n) is 11.2. The minimum absolute atomic E-state index is 0.00982. The van der Waals surface area contributed by atoms with Crippen molar-refractivity contribution in [3.63, 3.8) is 0 Å². The molecule has 1 aromatic heterocycles. The lowest BCUT2D eigenvalue weighted by atomic mass is 10.1. The Kier molecular flexibility index (Phi) is 4.51. The Morgan fingerprint density at radius 3 is 2.95 bits per heavy atom. The Balaban J connectivity index is 2.19. The third-order valence-corrected chi connectivity index (χ3v) is 3.16. The first-order valence-corrected chi connectivity index (χ1v) is 6.44. The van der Waals surface area contributed by atoms with Gasteiger partial charge in [-0.15, -0.1) is 0 Å². The van der Waals surface area contributed by atoms with E-state index < -0.39 is 11.7 Å². The Hall–Kier alpha value is -2.45. The lowest BCUT2D eigenvalue weighted by molar-refractivity contribution is 0.0784. The van der Waals surface area contributed by atoms with Gasteiger partial charge < -0.3 is 4.90 Å². The second-order valence-corrected chi connectivity index (χ2v) is 4.82. The first kappa shape index (κ1) is 14.9. The number of rotatable bonds is 3. The van der Waals surface area contributed by atoms with E-state index in [9.17, 15) is 9.18 Å². The van der Waals surface area contributed by atoms with Crippen molar-refractivity contribution in [2.45, 2.75) is 6.54 Å². The summed E-state index contributed by atoms with van der Waals surface area (Å²) in [6, 6.07) is 10.00. The maximum Gasteiger partial charge on any atom is 0.257 e. The fourth-order valence-electron chi connectivity index (χ4n) is 1.86. The van der Waals surface area contributed by atoms with Crippen molar-refractivity contribution >= 4 is 17.5 Å². The summed E-state index contributed by atoms with van der Waals surface area (Å²) >= 11 is 5.82. The van der Waals surface area contributed by atoms with Crippen LogP contribution in [0.15, 0.2) is 36.5 Å². The maximum absolute atomic E-state index is 13.2. The van der Waals surface area contributed by atoms with Gasteiger partial charge in [-0.25, -0.2) is 9.37 Å². The minimum Gasteiger partial charge on any atom is -0.337 e. The number of pyridine rings is 1. The fourth-order valence-corrected chi connectivity index (χ4v) is 2.05. The van der Waals surface area contributed by atoms with Crippen LogP contribution in [-0.4, -0.2) is 22.8 Å². The molecule has 0 unspecified atom stereocenters. The molecule has 0 saturated heterocycles. The SMILES string of the molecule is CN(Cc1cccc(C#N)c1)C(=O)c1cc(F)cnc1Cl. The van der Waals surface area contributed by atoms with Gasteiger partial charge in [-0.3, -0.25) is 4.79 Å². The van der Waals surface area contributed by atoms with Gasteiger partial charge in [-0.1, -0.05) is 23.7 Å². The summed E-state index contributed by atoms with van der Waals surface area (Å²) in [5.74, 6) is -1.06. The first-order chi connectivity index (χ1) is 10.0. The van der Waals surface area contributed by atoms with Crippen molar-refractivity contribution in [2.75, 3.05) is 7.05 Å². The number of carbonyl (C=O) groups is 1. The number of aromatic nitrogens is 1. The summed E-state index contributed by atoms with van der Waals surface area (Å²) < 4.78 is 13.2. The molecule has 6 heteroatoms. The summed E-state index contributed by atoms with van der Waals surface area (Å²) in [7, 11) is 1.57. The van der Waals surface area contributed by atoms with Crippen molar-refractivity contribution < 1.29 is 9.18 Å². The lowest BCUT2D eigenvalue weighted by Crippen LogP contribution is -2.26. The van der Waals surface area contributed by atoms with E-state index in [-0.39, 0.29) is 17.3 Å². The molecule has 0 saturated carbocycles. The second-order valence-electron chi connectivity index (χ2n) is 4.47. The molecular weight excluding hydrogens is 293 g/mol. The third-order valence-electron chi connectivity index (χ3n) is 2.86. The van der Waals surface area contributed by atoms with Gasteiger partial charge in [-0.2, -0.15) is 5.26 Å². The van der Waals surface area contributed by atoms with Crippen LogP contribution in [0.5, 0.6) is 0 Å². The molecule has 0 fully saturated rings. The van der Waals surface area contributed by atoms with Gasteiger partial charge in [0.25, 0.3) is 5.91 Å². The van der Waals surface area contributed by atoms with E-state index in [1.807, 2.05) is 6.07 Å². The predicted molar refractivity (Wildman–Crippen MR) is 76.2 cm³/mol. The molecule has 0 N–H and O–H groups in total. The molecule has 0 radical (unpaired) electrons.